The molecular formula is C12H16BrN3O3. The maximum Gasteiger partial charge on any atom is 0.284 e. The standard InChI is InChI=1S/C12H16BrN3O3/c1-15(2)8-4-7-14-12(17)9-5-3-6-10(11(9)13)16(18)19/h3,5-6H,4,7-8H2,1-2H3,(H,14,17). The van der Waals surface area contributed by atoms with Gasteiger partial charge in [-0.1, -0.05) is 6.07 Å². The summed E-state index contributed by atoms with van der Waals surface area (Å²) in [6, 6.07) is 4.41. The molecule has 1 aromatic rings. The predicted octanol–water partition coefficient (Wildman–Crippen LogP) is 2.04. The molecule has 0 aromatic heterocycles. The van der Waals surface area contributed by atoms with Crippen LogP contribution >= 0.6 is 15.9 Å². The van der Waals surface area contributed by atoms with E-state index in [2.05, 4.69) is 21.2 Å². The fraction of sp³-hybridized carbons (Fsp3) is 0.417. The summed E-state index contributed by atoms with van der Waals surface area (Å²) in [6.45, 7) is 1.41. The van der Waals surface area contributed by atoms with Crippen molar-refractivity contribution in [2.24, 2.45) is 0 Å². The zero-order valence-corrected chi connectivity index (χ0v) is 12.4. The van der Waals surface area contributed by atoms with Crippen molar-refractivity contribution in [3.8, 4) is 0 Å². The molecule has 0 unspecified atom stereocenters. The Morgan fingerprint density at radius 1 is 1.47 bits per heavy atom. The molecule has 0 fully saturated rings. The van der Waals surface area contributed by atoms with Gasteiger partial charge in [0.15, 0.2) is 0 Å². The molecule has 0 bridgehead atoms. The molecule has 104 valence electrons. The second-order valence-electron chi connectivity index (χ2n) is 4.31. The SMILES string of the molecule is CN(C)CCCNC(=O)c1cccc([N+](=O)[O-])c1Br. The van der Waals surface area contributed by atoms with Crippen LogP contribution in [0.15, 0.2) is 22.7 Å². The Labute approximate surface area is 120 Å². The Morgan fingerprint density at radius 3 is 2.74 bits per heavy atom. The molecule has 0 saturated heterocycles. The molecule has 0 radical (unpaired) electrons. The lowest BCUT2D eigenvalue weighted by molar-refractivity contribution is -0.385. The highest BCUT2D eigenvalue weighted by atomic mass is 79.9. The van der Waals surface area contributed by atoms with Crippen molar-refractivity contribution >= 4 is 27.5 Å². The smallest absolute Gasteiger partial charge is 0.284 e. The first-order valence-corrected chi connectivity index (χ1v) is 6.58. The summed E-state index contributed by atoms with van der Waals surface area (Å²) < 4.78 is 0.213. The first kappa shape index (κ1) is 15.6. The topological polar surface area (TPSA) is 75.5 Å². The molecule has 0 aliphatic rings. The highest BCUT2D eigenvalue weighted by molar-refractivity contribution is 9.10. The normalized spacial score (nSPS) is 10.5. The number of nitro groups is 1. The summed E-state index contributed by atoms with van der Waals surface area (Å²) in [5.74, 6) is -0.311. The Bertz CT molecular complexity index is 477. The summed E-state index contributed by atoms with van der Waals surface area (Å²) in [5.41, 5.74) is 0.167. The average Bonchev–Trinajstić information content (AvgIpc) is 2.34. The summed E-state index contributed by atoms with van der Waals surface area (Å²) >= 11 is 3.10. The molecule has 0 aliphatic carbocycles. The zero-order valence-electron chi connectivity index (χ0n) is 10.9. The zero-order chi connectivity index (χ0) is 14.4. The van der Waals surface area contributed by atoms with Crippen LogP contribution in [0.2, 0.25) is 0 Å². The quantitative estimate of drug-likeness (QED) is 0.492. The number of hydrogen-bond acceptors (Lipinski definition) is 4. The van der Waals surface area contributed by atoms with Gasteiger partial charge in [-0.05, 0) is 49.1 Å². The summed E-state index contributed by atoms with van der Waals surface area (Å²) in [4.78, 5) is 24.2. The molecule has 1 N–H and O–H groups in total. The Balaban J connectivity index is 2.67. The summed E-state index contributed by atoms with van der Waals surface area (Å²) in [5, 5.41) is 13.5. The van der Waals surface area contributed by atoms with Crippen LogP contribution in [-0.4, -0.2) is 42.9 Å². The van der Waals surface area contributed by atoms with E-state index in [4.69, 9.17) is 0 Å². The van der Waals surface area contributed by atoms with Gasteiger partial charge in [-0.3, -0.25) is 14.9 Å². The lowest BCUT2D eigenvalue weighted by atomic mass is 10.2. The number of rotatable bonds is 6. The second kappa shape index (κ2) is 7.20. The largest absolute Gasteiger partial charge is 0.352 e. The lowest BCUT2D eigenvalue weighted by Gasteiger charge is -2.10. The van der Waals surface area contributed by atoms with Crippen LogP contribution in [0.4, 0.5) is 5.69 Å². The highest BCUT2D eigenvalue weighted by Gasteiger charge is 2.18. The number of carbonyl (C=O) groups is 1. The lowest BCUT2D eigenvalue weighted by Crippen LogP contribution is -2.27. The van der Waals surface area contributed by atoms with Gasteiger partial charge in [-0.15, -0.1) is 0 Å². The van der Waals surface area contributed by atoms with Crippen LogP contribution in [0.3, 0.4) is 0 Å². The van der Waals surface area contributed by atoms with E-state index in [1.54, 1.807) is 6.07 Å². The van der Waals surface area contributed by atoms with E-state index in [0.717, 1.165) is 13.0 Å². The van der Waals surface area contributed by atoms with Gasteiger partial charge in [-0.25, -0.2) is 0 Å². The minimum Gasteiger partial charge on any atom is -0.352 e. The molecule has 0 saturated carbocycles. The molecule has 1 aromatic carbocycles. The van der Waals surface area contributed by atoms with Crippen LogP contribution in [0.5, 0.6) is 0 Å². The molecule has 0 spiro atoms. The van der Waals surface area contributed by atoms with Crippen LogP contribution < -0.4 is 5.32 Å². The van der Waals surface area contributed by atoms with Crippen molar-refractivity contribution in [3.63, 3.8) is 0 Å². The Morgan fingerprint density at radius 2 is 2.16 bits per heavy atom. The number of halogens is 1. The summed E-state index contributed by atoms with van der Waals surface area (Å²) in [6.07, 6.45) is 0.825. The number of hydrogen-bond donors (Lipinski definition) is 1. The van der Waals surface area contributed by atoms with Gasteiger partial charge in [0.2, 0.25) is 0 Å². The Hall–Kier alpha value is -1.47. The van der Waals surface area contributed by atoms with Crippen molar-refractivity contribution in [1.82, 2.24) is 10.2 Å². The van der Waals surface area contributed by atoms with E-state index in [0.29, 0.717) is 6.54 Å². The van der Waals surface area contributed by atoms with Crippen LogP contribution in [0.25, 0.3) is 0 Å². The van der Waals surface area contributed by atoms with Crippen LogP contribution in [0.1, 0.15) is 16.8 Å². The van der Waals surface area contributed by atoms with Crippen LogP contribution in [-0.2, 0) is 0 Å². The van der Waals surface area contributed by atoms with Gasteiger partial charge in [0, 0.05) is 12.6 Å². The van der Waals surface area contributed by atoms with Crippen molar-refractivity contribution < 1.29 is 9.72 Å². The maximum atomic E-state index is 11.9. The predicted molar refractivity (Wildman–Crippen MR) is 76.3 cm³/mol. The van der Waals surface area contributed by atoms with Crippen LogP contribution in [0, 0.1) is 10.1 Å². The number of carbonyl (C=O) groups excluding carboxylic acids is 1. The van der Waals surface area contributed by atoms with Gasteiger partial charge < -0.3 is 10.2 Å². The number of benzene rings is 1. The van der Waals surface area contributed by atoms with Gasteiger partial charge >= 0.3 is 0 Å². The third-order valence-electron chi connectivity index (χ3n) is 2.49. The number of amides is 1. The molecular weight excluding hydrogens is 314 g/mol. The second-order valence-corrected chi connectivity index (χ2v) is 5.10. The van der Waals surface area contributed by atoms with Crippen molar-refractivity contribution in [2.75, 3.05) is 27.2 Å². The monoisotopic (exact) mass is 329 g/mol. The Kier molecular flexibility index (Phi) is 5.91. The van der Waals surface area contributed by atoms with Gasteiger partial charge in [0.1, 0.15) is 4.47 Å². The molecule has 7 heteroatoms. The third kappa shape index (κ3) is 4.60. The highest BCUT2D eigenvalue weighted by Crippen LogP contribution is 2.28. The minimum absolute atomic E-state index is 0.110. The van der Waals surface area contributed by atoms with Crippen molar-refractivity contribution in [1.29, 1.82) is 0 Å². The molecule has 0 atom stereocenters. The van der Waals surface area contributed by atoms with Gasteiger partial charge in [0.25, 0.3) is 11.6 Å². The van der Waals surface area contributed by atoms with E-state index >= 15 is 0 Å². The third-order valence-corrected chi connectivity index (χ3v) is 3.32. The van der Waals surface area contributed by atoms with Gasteiger partial charge in [0.05, 0.1) is 10.5 Å². The van der Waals surface area contributed by atoms with E-state index < -0.39 is 4.92 Å². The van der Waals surface area contributed by atoms with E-state index in [-0.39, 0.29) is 21.6 Å². The average molecular weight is 330 g/mol. The first-order valence-electron chi connectivity index (χ1n) is 5.79. The van der Waals surface area contributed by atoms with E-state index in [9.17, 15) is 14.9 Å². The van der Waals surface area contributed by atoms with Crippen molar-refractivity contribution in [2.45, 2.75) is 6.42 Å². The minimum atomic E-state index is -0.521. The molecule has 1 amide bonds. The number of nitro benzene ring substituents is 1. The first-order chi connectivity index (χ1) is 8.93. The fourth-order valence-electron chi connectivity index (χ4n) is 1.53. The summed E-state index contributed by atoms with van der Waals surface area (Å²) in [7, 11) is 3.91. The number of nitrogens with zero attached hydrogens (tertiary/aromatic N) is 2. The molecule has 0 aliphatic heterocycles. The maximum absolute atomic E-state index is 11.9. The molecule has 19 heavy (non-hydrogen) atoms. The fourth-order valence-corrected chi connectivity index (χ4v) is 2.12. The molecule has 1 rings (SSSR count). The molecule has 6 nitrogen and oxygen atoms in total. The number of nitrogens with one attached hydrogen (secondary N) is 1. The van der Waals surface area contributed by atoms with E-state index in [1.807, 2.05) is 19.0 Å². The molecule has 0 heterocycles. The van der Waals surface area contributed by atoms with Gasteiger partial charge in [-0.2, -0.15) is 0 Å². The van der Waals surface area contributed by atoms with E-state index in [1.165, 1.54) is 12.1 Å². The van der Waals surface area contributed by atoms with Crippen molar-refractivity contribution in [3.05, 3.63) is 38.3 Å².